The van der Waals surface area contributed by atoms with E-state index in [0.717, 1.165) is 18.5 Å². The highest BCUT2D eigenvalue weighted by atomic mass is 31.0. The number of hydrogen-bond acceptors (Lipinski definition) is 1. The van der Waals surface area contributed by atoms with Crippen molar-refractivity contribution in [3.8, 4) is 0 Å². The molecular weight excluding hydrogens is 205 g/mol. The number of nitrogens with one attached hydrogen (secondary N) is 1. The first-order valence-electron chi connectivity index (χ1n) is 5.29. The van der Waals surface area contributed by atoms with E-state index >= 15 is 0 Å². The van der Waals surface area contributed by atoms with Crippen LogP contribution in [0.2, 0.25) is 0 Å². The first kappa shape index (κ1) is 12.2. The summed E-state index contributed by atoms with van der Waals surface area (Å²) >= 11 is 0. The Kier molecular flexibility index (Phi) is 4.77. The van der Waals surface area contributed by atoms with Crippen LogP contribution in [0.25, 0.3) is 0 Å². The number of carbonyl (C=O) groups excluding carboxylic acids is 1. The monoisotopic (exact) mass is 223 g/mol. The van der Waals surface area contributed by atoms with E-state index in [4.69, 9.17) is 0 Å². The van der Waals surface area contributed by atoms with Crippen LogP contribution in [0.1, 0.15) is 25.8 Å². The average Bonchev–Trinajstić information content (AvgIpc) is 2.21. The number of aryl methyl sites for hydroxylation is 1. The smallest absolute Gasteiger partial charge is 0.230 e. The van der Waals surface area contributed by atoms with Crippen LogP contribution in [0, 0.1) is 0 Å². The third kappa shape index (κ3) is 4.01. The van der Waals surface area contributed by atoms with Crippen molar-refractivity contribution in [1.82, 2.24) is 0 Å². The summed E-state index contributed by atoms with van der Waals surface area (Å²) < 4.78 is 0. The van der Waals surface area contributed by atoms with Crippen molar-refractivity contribution >= 4 is 20.8 Å². The minimum Gasteiger partial charge on any atom is -0.326 e. The Labute approximate surface area is 93.7 Å². The van der Waals surface area contributed by atoms with Gasteiger partial charge in [-0.3, -0.25) is 4.79 Å². The third-order valence-corrected chi connectivity index (χ3v) is 2.48. The molecule has 0 heterocycles. The van der Waals surface area contributed by atoms with Gasteiger partial charge in [0.05, 0.1) is 0 Å². The number of carbonyl (C=O) groups is 1. The Hall–Kier alpha value is -0.880. The number of rotatable bonds is 4. The van der Waals surface area contributed by atoms with Gasteiger partial charge in [-0.1, -0.05) is 32.4 Å². The zero-order valence-electron chi connectivity index (χ0n) is 9.29. The highest BCUT2D eigenvalue weighted by Gasteiger charge is 2.06. The molecule has 0 aromatic heterocycles. The van der Waals surface area contributed by atoms with E-state index in [-0.39, 0.29) is 11.6 Å². The van der Waals surface area contributed by atoms with E-state index in [1.807, 2.05) is 19.1 Å². The number of amides is 1. The average molecular weight is 223 g/mol. The molecule has 0 fully saturated rings. The summed E-state index contributed by atoms with van der Waals surface area (Å²) in [6.07, 6.45) is 2.24. The van der Waals surface area contributed by atoms with Gasteiger partial charge in [0.1, 0.15) is 0 Å². The predicted octanol–water partition coefficient (Wildman–Crippen LogP) is 2.84. The van der Waals surface area contributed by atoms with Crippen molar-refractivity contribution in [2.24, 2.45) is 0 Å². The molecule has 0 saturated heterocycles. The van der Waals surface area contributed by atoms with Gasteiger partial charge in [-0.05, 0) is 24.1 Å². The third-order valence-electron chi connectivity index (χ3n) is 2.17. The molecule has 0 spiro atoms. The lowest BCUT2D eigenvalue weighted by Gasteiger charge is -2.08. The highest BCUT2D eigenvalue weighted by molar-refractivity contribution is 7.19. The van der Waals surface area contributed by atoms with E-state index in [9.17, 15) is 4.79 Å². The number of benzene rings is 1. The minimum absolute atomic E-state index is 0.0308. The summed E-state index contributed by atoms with van der Waals surface area (Å²) in [5, 5.41) is 2.85. The van der Waals surface area contributed by atoms with Crippen molar-refractivity contribution in [3.05, 3.63) is 29.8 Å². The second-order valence-electron chi connectivity index (χ2n) is 3.72. The molecule has 0 bridgehead atoms. The van der Waals surface area contributed by atoms with Gasteiger partial charge in [-0.2, -0.15) is 0 Å². The van der Waals surface area contributed by atoms with E-state index in [1.165, 1.54) is 5.56 Å². The van der Waals surface area contributed by atoms with Crippen LogP contribution in [0.15, 0.2) is 24.3 Å². The predicted molar refractivity (Wildman–Crippen MR) is 68.2 cm³/mol. The maximum atomic E-state index is 11.4. The molecule has 15 heavy (non-hydrogen) atoms. The van der Waals surface area contributed by atoms with Crippen LogP contribution in [0.3, 0.4) is 0 Å². The molecule has 2 atom stereocenters. The lowest BCUT2D eigenvalue weighted by Crippen LogP contribution is -2.19. The molecule has 82 valence electrons. The summed E-state index contributed by atoms with van der Waals surface area (Å²) in [5.74, 6) is 0.0308. The van der Waals surface area contributed by atoms with Crippen LogP contribution in [-0.2, 0) is 11.2 Å². The molecule has 0 aliphatic rings. The number of anilines is 1. The van der Waals surface area contributed by atoms with Gasteiger partial charge in [0.25, 0.3) is 0 Å². The molecule has 1 N–H and O–H groups in total. The van der Waals surface area contributed by atoms with Gasteiger partial charge in [-0.25, -0.2) is 0 Å². The van der Waals surface area contributed by atoms with E-state index in [0.29, 0.717) is 0 Å². The topological polar surface area (TPSA) is 29.1 Å². The van der Waals surface area contributed by atoms with E-state index in [1.54, 1.807) is 0 Å². The summed E-state index contributed by atoms with van der Waals surface area (Å²) in [7, 11) is 2.48. The van der Waals surface area contributed by atoms with Crippen LogP contribution >= 0.6 is 9.24 Å². The first-order valence-corrected chi connectivity index (χ1v) is 5.95. The Bertz CT molecular complexity index is 319. The van der Waals surface area contributed by atoms with E-state index < -0.39 is 0 Å². The molecule has 1 rings (SSSR count). The fraction of sp³-hybridized carbons (Fsp3) is 0.417. The van der Waals surface area contributed by atoms with Crippen LogP contribution < -0.4 is 5.32 Å². The molecule has 2 unspecified atom stereocenters. The lowest BCUT2D eigenvalue weighted by molar-refractivity contribution is -0.115. The van der Waals surface area contributed by atoms with Gasteiger partial charge in [0.15, 0.2) is 0 Å². The molecule has 1 aromatic rings. The molecule has 0 aliphatic heterocycles. The zero-order chi connectivity index (χ0) is 11.3. The maximum absolute atomic E-state index is 11.4. The zero-order valence-corrected chi connectivity index (χ0v) is 10.4. The van der Waals surface area contributed by atoms with Crippen LogP contribution in [0.5, 0.6) is 0 Å². The second-order valence-corrected chi connectivity index (χ2v) is 4.72. The van der Waals surface area contributed by atoms with Gasteiger partial charge >= 0.3 is 0 Å². The summed E-state index contributed by atoms with van der Waals surface area (Å²) in [6, 6.07) is 8.03. The fourth-order valence-electron chi connectivity index (χ4n) is 1.30. The SMILES string of the molecule is CCCc1ccc(NC(=O)C(C)P)cc1. The highest BCUT2D eigenvalue weighted by Crippen LogP contribution is 2.12. The lowest BCUT2D eigenvalue weighted by atomic mass is 10.1. The standard InChI is InChI=1S/C12H18NOP/c1-3-4-10-5-7-11(8-6-10)13-12(14)9(2)15/h5-9H,3-4,15H2,1-2H3,(H,13,14). The van der Waals surface area contributed by atoms with Crippen molar-refractivity contribution < 1.29 is 4.79 Å². The Balaban J connectivity index is 2.60. The van der Waals surface area contributed by atoms with Gasteiger partial charge in [0.2, 0.25) is 5.91 Å². The quantitative estimate of drug-likeness (QED) is 0.781. The van der Waals surface area contributed by atoms with E-state index in [2.05, 4.69) is 33.6 Å². The molecule has 1 amide bonds. The molecule has 1 aromatic carbocycles. The van der Waals surface area contributed by atoms with Gasteiger partial charge < -0.3 is 5.32 Å². The Morgan fingerprint density at radius 1 is 1.40 bits per heavy atom. The second kappa shape index (κ2) is 5.87. The summed E-state index contributed by atoms with van der Waals surface area (Å²) in [5.41, 5.74) is 2.13. The number of hydrogen-bond donors (Lipinski definition) is 1. The Morgan fingerprint density at radius 3 is 2.47 bits per heavy atom. The van der Waals surface area contributed by atoms with Crippen LogP contribution in [0.4, 0.5) is 5.69 Å². The largest absolute Gasteiger partial charge is 0.326 e. The van der Waals surface area contributed by atoms with Gasteiger partial charge in [0, 0.05) is 11.3 Å². The molecule has 0 saturated carbocycles. The normalized spacial score (nSPS) is 12.2. The molecule has 2 nitrogen and oxygen atoms in total. The van der Waals surface area contributed by atoms with Gasteiger partial charge in [-0.15, -0.1) is 9.24 Å². The van der Waals surface area contributed by atoms with Crippen LogP contribution in [-0.4, -0.2) is 11.6 Å². The molecule has 0 radical (unpaired) electrons. The fourth-order valence-corrected chi connectivity index (χ4v) is 1.38. The molecular formula is C12H18NOP. The Morgan fingerprint density at radius 2 is 2.00 bits per heavy atom. The molecule has 0 aliphatic carbocycles. The maximum Gasteiger partial charge on any atom is 0.230 e. The molecule has 3 heteroatoms. The minimum atomic E-state index is -0.0553. The summed E-state index contributed by atoms with van der Waals surface area (Å²) in [4.78, 5) is 11.4. The summed E-state index contributed by atoms with van der Waals surface area (Å²) in [6.45, 7) is 4.01. The van der Waals surface area contributed by atoms with Crippen molar-refractivity contribution in [2.45, 2.75) is 32.3 Å². The van der Waals surface area contributed by atoms with Crippen molar-refractivity contribution in [3.63, 3.8) is 0 Å². The van der Waals surface area contributed by atoms with Crippen molar-refractivity contribution in [2.75, 3.05) is 5.32 Å². The first-order chi connectivity index (χ1) is 7.13. The van der Waals surface area contributed by atoms with Crippen molar-refractivity contribution in [1.29, 1.82) is 0 Å².